The number of nitrogens with zero attached hydrogens (tertiary/aromatic N) is 1. The Morgan fingerprint density at radius 2 is 1.74 bits per heavy atom. The third-order valence-corrected chi connectivity index (χ3v) is 6.62. The summed E-state index contributed by atoms with van der Waals surface area (Å²) >= 11 is 5.15. The summed E-state index contributed by atoms with van der Waals surface area (Å²) < 4.78 is 37.0. The summed E-state index contributed by atoms with van der Waals surface area (Å²) in [7, 11) is -1.97. The van der Waals surface area contributed by atoms with Crippen molar-refractivity contribution in [2.24, 2.45) is 0 Å². The molecule has 3 rings (SSSR count). The monoisotopic (exact) mass is 461 g/mol. The summed E-state index contributed by atoms with van der Waals surface area (Å²) in [4.78, 5) is 12.2. The summed E-state index contributed by atoms with van der Waals surface area (Å²) in [5, 5.41) is 5.52. The van der Waals surface area contributed by atoms with Crippen LogP contribution >= 0.6 is 12.2 Å². The van der Waals surface area contributed by atoms with Crippen LogP contribution in [0, 0.1) is 0 Å². The van der Waals surface area contributed by atoms with Crippen molar-refractivity contribution in [3.05, 3.63) is 60.2 Å². The van der Waals surface area contributed by atoms with Crippen LogP contribution in [0.25, 0.3) is 6.08 Å². The highest BCUT2D eigenvalue weighted by Crippen LogP contribution is 2.19. The van der Waals surface area contributed by atoms with E-state index in [9.17, 15) is 13.2 Å². The van der Waals surface area contributed by atoms with Crippen LogP contribution in [0.3, 0.4) is 0 Å². The zero-order chi connectivity index (χ0) is 22.3. The fraction of sp³-hybridized carbons (Fsp3) is 0.238. The smallest absolute Gasteiger partial charge is 0.250 e. The largest absolute Gasteiger partial charge is 0.497 e. The van der Waals surface area contributed by atoms with Crippen LogP contribution in [-0.4, -0.2) is 57.2 Å². The minimum atomic E-state index is -3.56. The molecule has 1 aliphatic rings. The molecule has 31 heavy (non-hydrogen) atoms. The Kier molecular flexibility index (Phi) is 7.75. The number of sulfonamides is 1. The van der Waals surface area contributed by atoms with Crippen molar-refractivity contribution in [3.8, 4) is 5.75 Å². The average molecular weight is 462 g/mol. The Morgan fingerprint density at radius 3 is 2.35 bits per heavy atom. The molecule has 2 aromatic rings. The van der Waals surface area contributed by atoms with Crippen LogP contribution in [0.2, 0.25) is 0 Å². The fourth-order valence-corrected chi connectivity index (χ4v) is 4.48. The number of amides is 1. The van der Waals surface area contributed by atoms with Gasteiger partial charge >= 0.3 is 0 Å². The first-order valence-corrected chi connectivity index (χ1v) is 11.4. The SMILES string of the molecule is COc1ccc(C=CC(=O)NC(=S)Nc2ccc(S(=O)(=O)N3CCOCC3)cc2)cc1. The van der Waals surface area contributed by atoms with Gasteiger partial charge < -0.3 is 14.8 Å². The molecular weight excluding hydrogens is 438 g/mol. The van der Waals surface area contributed by atoms with E-state index in [0.717, 1.165) is 11.3 Å². The standard InChI is InChI=1S/C21H23N3O5S2/c1-28-18-7-2-16(3-8-18)4-11-20(25)23-21(30)22-17-5-9-19(10-6-17)31(26,27)24-12-14-29-15-13-24/h2-11H,12-15H2,1H3,(H2,22,23,25,30). The molecule has 10 heteroatoms. The van der Waals surface area contributed by atoms with E-state index in [-0.39, 0.29) is 15.9 Å². The van der Waals surface area contributed by atoms with Crippen LogP contribution < -0.4 is 15.4 Å². The van der Waals surface area contributed by atoms with Gasteiger partial charge in [0.05, 0.1) is 25.2 Å². The van der Waals surface area contributed by atoms with Gasteiger partial charge in [0.1, 0.15) is 5.75 Å². The lowest BCUT2D eigenvalue weighted by Gasteiger charge is -2.26. The normalized spacial score (nSPS) is 14.9. The number of carbonyl (C=O) groups excluding carboxylic acids is 1. The highest BCUT2D eigenvalue weighted by atomic mass is 32.2. The van der Waals surface area contributed by atoms with Gasteiger partial charge in [-0.3, -0.25) is 10.1 Å². The molecule has 1 saturated heterocycles. The second-order valence-corrected chi connectivity index (χ2v) is 8.94. The van der Waals surface area contributed by atoms with E-state index in [2.05, 4.69) is 10.6 Å². The highest BCUT2D eigenvalue weighted by molar-refractivity contribution is 7.89. The maximum absolute atomic E-state index is 12.6. The van der Waals surface area contributed by atoms with Gasteiger partial charge in [0, 0.05) is 24.9 Å². The molecule has 0 radical (unpaired) electrons. The minimum Gasteiger partial charge on any atom is -0.497 e. The van der Waals surface area contributed by atoms with Crippen LogP contribution in [0.4, 0.5) is 5.69 Å². The summed E-state index contributed by atoms with van der Waals surface area (Å²) in [6, 6.07) is 13.4. The van der Waals surface area contributed by atoms with E-state index < -0.39 is 10.0 Å². The lowest BCUT2D eigenvalue weighted by Crippen LogP contribution is -2.40. The Labute approximate surface area is 186 Å². The van der Waals surface area contributed by atoms with Gasteiger partial charge in [0.25, 0.3) is 0 Å². The van der Waals surface area contributed by atoms with Crippen LogP contribution in [0.15, 0.2) is 59.5 Å². The van der Waals surface area contributed by atoms with Crippen LogP contribution in [-0.2, 0) is 19.6 Å². The molecule has 0 saturated carbocycles. The second kappa shape index (κ2) is 10.5. The predicted molar refractivity (Wildman–Crippen MR) is 122 cm³/mol. The number of benzene rings is 2. The molecule has 2 aromatic carbocycles. The molecule has 8 nitrogen and oxygen atoms in total. The quantitative estimate of drug-likeness (QED) is 0.503. The van der Waals surface area contributed by atoms with Gasteiger partial charge in [-0.2, -0.15) is 4.31 Å². The number of carbonyl (C=O) groups is 1. The van der Waals surface area contributed by atoms with Crippen molar-refractivity contribution in [1.82, 2.24) is 9.62 Å². The van der Waals surface area contributed by atoms with Gasteiger partial charge in [-0.1, -0.05) is 12.1 Å². The zero-order valence-electron chi connectivity index (χ0n) is 16.9. The van der Waals surface area contributed by atoms with Crippen molar-refractivity contribution in [2.45, 2.75) is 4.90 Å². The van der Waals surface area contributed by atoms with Crippen molar-refractivity contribution >= 4 is 45.0 Å². The van der Waals surface area contributed by atoms with Crippen molar-refractivity contribution < 1.29 is 22.7 Å². The first-order chi connectivity index (χ1) is 14.9. The molecule has 1 heterocycles. The molecule has 1 fully saturated rings. The van der Waals surface area contributed by atoms with Crippen molar-refractivity contribution in [2.75, 3.05) is 38.7 Å². The van der Waals surface area contributed by atoms with E-state index in [1.54, 1.807) is 37.5 Å². The molecule has 0 aliphatic carbocycles. The second-order valence-electron chi connectivity index (χ2n) is 6.59. The first-order valence-electron chi connectivity index (χ1n) is 9.50. The molecule has 0 aromatic heterocycles. The number of hydrogen-bond donors (Lipinski definition) is 2. The van der Waals surface area contributed by atoms with Gasteiger partial charge in [-0.05, 0) is 60.3 Å². The number of anilines is 1. The number of rotatable bonds is 6. The number of nitrogens with one attached hydrogen (secondary N) is 2. The van der Waals surface area contributed by atoms with Gasteiger partial charge in [-0.15, -0.1) is 0 Å². The van der Waals surface area contributed by atoms with Crippen molar-refractivity contribution in [3.63, 3.8) is 0 Å². The first kappa shape index (κ1) is 22.9. The fourth-order valence-electron chi connectivity index (χ4n) is 2.85. The van der Waals surface area contributed by atoms with Crippen LogP contribution in [0.5, 0.6) is 5.75 Å². The third-order valence-electron chi connectivity index (χ3n) is 4.50. The lowest BCUT2D eigenvalue weighted by molar-refractivity contribution is -0.115. The van der Waals surface area contributed by atoms with Crippen molar-refractivity contribution in [1.29, 1.82) is 0 Å². The summed E-state index contributed by atoms with van der Waals surface area (Å²) in [5.74, 6) is 0.343. The molecule has 0 spiro atoms. The van der Waals surface area contributed by atoms with Gasteiger partial charge in [0.15, 0.2) is 5.11 Å². The number of thiocarbonyl (C=S) groups is 1. The molecule has 1 aliphatic heterocycles. The Hall–Kier alpha value is -2.79. The molecule has 164 valence electrons. The van der Waals surface area contributed by atoms with Gasteiger partial charge in [0.2, 0.25) is 15.9 Å². The molecule has 0 atom stereocenters. The Morgan fingerprint density at radius 1 is 1.10 bits per heavy atom. The number of hydrogen-bond acceptors (Lipinski definition) is 6. The lowest BCUT2D eigenvalue weighted by atomic mass is 10.2. The average Bonchev–Trinajstić information content (AvgIpc) is 2.79. The topological polar surface area (TPSA) is 97.0 Å². The number of ether oxygens (including phenoxy) is 2. The summed E-state index contributed by atoms with van der Waals surface area (Å²) in [5.41, 5.74) is 1.40. The maximum atomic E-state index is 12.6. The summed E-state index contributed by atoms with van der Waals surface area (Å²) in [6.45, 7) is 1.45. The van der Waals surface area contributed by atoms with Gasteiger partial charge in [-0.25, -0.2) is 8.42 Å². The van der Waals surface area contributed by atoms with Crippen LogP contribution in [0.1, 0.15) is 5.56 Å². The van der Waals surface area contributed by atoms with E-state index in [1.807, 2.05) is 12.1 Å². The maximum Gasteiger partial charge on any atom is 0.250 e. The van der Waals surface area contributed by atoms with E-state index >= 15 is 0 Å². The molecular formula is C21H23N3O5S2. The molecule has 0 bridgehead atoms. The number of morpholine rings is 1. The predicted octanol–water partition coefficient (Wildman–Crippen LogP) is 2.24. The molecule has 1 amide bonds. The van der Waals surface area contributed by atoms with E-state index in [0.29, 0.717) is 32.0 Å². The van der Waals surface area contributed by atoms with E-state index in [4.69, 9.17) is 21.7 Å². The third kappa shape index (κ3) is 6.34. The summed E-state index contributed by atoms with van der Waals surface area (Å²) in [6.07, 6.45) is 3.02. The Balaban J connectivity index is 1.54. The Bertz CT molecular complexity index is 1050. The highest BCUT2D eigenvalue weighted by Gasteiger charge is 2.26. The minimum absolute atomic E-state index is 0.105. The zero-order valence-corrected chi connectivity index (χ0v) is 18.5. The molecule has 0 unspecified atom stereocenters. The number of methoxy groups -OCH3 is 1. The molecule has 2 N–H and O–H groups in total. The van der Waals surface area contributed by atoms with E-state index in [1.165, 1.54) is 22.5 Å².